The molecule has 0 bridgehead atoms. The van der Waals surface area contributed by atoms with Gasteiger partial charge in [-0.25, -0.2) is 8.42 Å². The normalized spacial score (nSPS) is 11.9. The van der Waals surface area contributed by atoms with Crippen LogP contribution in [0, 0.1) is 11.3 Å². The van der Waals surface area contributed by atoms with Gasteiger partial charge in [0.05, 0.1) is 27.3 Å². The number of nitrogens with one attached hydrogen (secondary N) is 2. The van der Waals surface area contributed by atoms with E-state index < -0.39 is 15.6 Å². The smallest absolute Gasteiger partial charge is 0.261 e. The lowest BCUT2D eigenvalue weighted by molar-refractivity contribution is 0.0284. The third-order valence-electron chi connectivity index (χ3n) is 3.81. The van der Waals surface area contributed by atoms with Gasteiger partial charge in [0.1, 0.15) is 18.4 Å². The minimum Gasteiger partial charge on any atom is -0.491 e. The fraction of sp³-hybridized carbons (Fsp3) is 0.211. The Kier molecular flexibility index (Phi) is 4.83. The quantitative estimate of drug-likeness (QED) is 0.603. The Morgan fingerprint density at radius 1 is 1.22 bits per heavy atom. The van der Waals surface area contributed by atoms with Crippen LogP contribution in [0.5, 0.6) is 5.75 Å². The Hall–Kier alpha value is -3.02. The molecule has 3 aromatic rings. The van der Waals surface area contributed by atoms with Gasteiger partial charge in [0.2, 0.25) is 0 Å². The summed E-state index contributed by atoms with van der Waals surface area (Å²) in [5.41, 5.74) is 0.363. The van der Waals surface area contributed by atoms with E-state index in [9.17, 15) is 13.5 Å². The van der Waals surface area contributed by atoms with Crippen LogP contribution in [0.3, 0.4) is 0 Å². The number of ether oxygens (including phenoxy) is 1. The van der Waals surface area contributed by atoms with E-state index in [2.05, 4.69) is 15.8 Å². The molecule has 0 aliphatic heterocycles. The van der Waals surface area contributed by atoms with Crippen molar-refractivity contribution in [3.63, 3.8) is 0 Å². The molecule has 7 nitrogen and oxygen atoms in total. The number of sulfonamides is 1. The first-order valence-electron chi connectivity index (χ1n) is 8.18. The molecular formula is C19H19N3O4S. The van der Waals surface area contributed by atoms with Crippen LogP contribution in [0.15, 0.2) is 53.6 Å². The number of hydrogen-bond acceptors (Lipinski definition) is 5. The molecule has 0 unspecified atom stereocenters. The van der Waals surface area contributed by atoms with Crippen molar-refractivity contribution < 1.29 is 18.3 Å². The fourth-order valence-electron chi connectivity index (χ4n) is 2.51. The van der Waals surface area contributed by atoms with Crippen molar-refractivity contribution in [1.29, 1.82) is 5.26 Å². The lowest BCUT2D eigenvalue weighted by Crippen LogP contribution is -2.27. The molecule has 0 aliphatic rings. The molecule has 1 heterocycles. The molecule has 1 aromatic heterocycles. The maximum atomic E-state index is 12.7. The predicted octanol–water partition coefficient (Wildman–Crippen LogP) is 2.99. The van der Waals surface area contributed by atoms with Crippen molar-refractivity contribution in [3.8, 4) is 11.8 Å². The first kappa shape index (κ1) is 18.8. The molecule has 3 N–H and O–H groups in total. The zero-order chi connectivity index (χ0) is 19.7. The second-order valence-corrected chi connectivity index (χ2v) is 8.40. The number of nitrogens with zero attached hydrogens (tertiary/aromatic N) is 1. The molecule has 8 heteroatoms. The summed E-state index contributed by atoms with van der Waals surface area (Å²) < 4.78 is 33.3. The van der Waals surface area contributed by atoms with E-state index in [1.54, 1.807) is 32.0 Å². The topological polar surface area (TPSA) is 115 Å². The average Bonchev–Trinajstić information content (AvgIpc) is 3.04. The number of para-hydroxylation sites is 1. The Balaban J connectivity index is 1.83. The molecule has 0 atom stereocenters. The number of hydrogen-bond donors (Lipinski definition) is 3. The van der Waals surface area contributed by atoms with E-state index in [0.29, 0.717) is 27.9 Å². The van der Waals surface area contributed by atoms with Gasteiger partial charge < -0.3 is 14.8 Å². The van der Waals surface area contributed by atoms with Crippen molar-refractivity contribution >= 4 is 26.6 Å². The van der Waals surface area contributed by atoms with Gasteiger partial charge in [0.15, 0.2) is 0 Å². The summed E-state index contributed by atoms with van der Waals surface area (Å²) in [7, 11) is -3.82. The largest absolute Gasteiger partial charge is 0.491 e. The Morgan fingerprint density at radius 2 is 1.93 bits per heavy atom. The number of fused-ring (bicyclic) bond motifs is 1. The van der Waals surface area contributed by atoms with Gasteiger partial charge in [-0.1, -0.05) is 12.1 Å². The molecule has 0 saturated heterocycles. The van der Waals surface area contributed by atoms with Crippen molar-refractivity contribution in [3.05, 3.63) is 54.2 Å². The van der Waals surface area contributed by atoms with Crippen LogP contribution in [-0.2, 0) is 10.0 Å². The molecule has 0 amide bonds. The van der Waals surface area contributed by atoms with Gasteiger partial charge in [-0.3, -0.25) is 4.72 Å². The number of rotatable bonds is 6. The molecule has 0 aliphatic carbocycles. The number of nitriles is 1. The first-order chi connectivity index (χ1) is 12.7. The number of aliphatic hydroxyl groups is 1. The third kappa shape index (κ3) is 4.22. The highest BCUT2D eigenvalue weighted by Crippen LogP contribution is 2.27. The summed E-state index contributed by atoms with van der Waals surface area (Å²) >= 11 is 0. The minimum atomic E-state index is -3.82. The Morgan fingerprint density at radius 3 is 2.56 bits per heavy atom. The van der Waals surface area contributed by atoms with Crippen LogP contribution < -0.4 is 9.46 Å². The van der Waals surface area contributed by atoms with E-state index in [0.717, 1.165) is 0 Å². The maximum absolute atomic E-state index is 12.7. The molecule has 0 fully saturated rings. The lowest BCUT2D eigenvalue weighted by Gasteiger charge is -2.17. The zero-order valence-electron chi connectivity index (χ0n) is 14.9. The zero-order valence-corrected chi connectivity index (χ0v) is 15.7. The number of anilines is 1. The Bertz CT molecular complexity index is 1100. The molecule has 0 saturated carbocycles. The van der Waals surface area contributed by atoms with Crippen LogP contribution >= 0.6 is 0 Å². The van der Waals surface area contributed by atoms with Crippen molar-refractivity contribution in [2.45, 2.75) is 24.3 Å². The summed E-state index contributed by atoms with van der Waals surface area (Å²) in [5.74, 6) is 0.459. The van der Waals surface area contributed by atoms with Crippen LogP contribution in [0.25, 0.3) is 10.9 Å². The third-order valence-corrected chi connectivity index (χ3v) is 5.19. The van der Waals surface area contributed by atoms with Gasteiger partial charge in [-0.15, -0.1) is 0 Å². The van der Waals surface area contributed by atoms with E-state index in [4.69, 9.17) is 10.00 Å². The van der Waals surface area contributed by atoms with Crippen molar-refractivity contribution in [2.24, 2.45) is 0 Å². The maximum Gasteiger partial charge on any atom is 0.261 e. The van der Waals surface area contributed by atoms with Crippen LogP contribution in [0.4, 0.5) is 5.69 Å². The van der Waals surface area contributed by atoms with Gasteiger partial charge in [0, 0.05) is 11.6 Å². The highest BCUT2D eigenvalue weighted by Gasteiger charge is 2.18. The SMILES string of the molecule is CC(C)(O)COc1ccc(S(=O)(=O)Nc2cccc3c(C#N)c[nH]c23)cc1. The van der Waals surface area contributed by atoms with Crippen LogP contribution in [0.2, 0.25) is 0 Å². The Labute approximate surface area is 157 Å². The summed E-state index contributed by atoms with van der Waals surface area (Å²) in [5, 5.41) is 19.4. The fourth-order valence-corrected chi connectivity index (χ4v) is 3.58. The van der Waals surface area contributed by atoms with Crippen molar-refractivity contribution in [2.75, 3.05) is 11.3 Å². The molecule has 0 radical (unpaired) electrons. The van der Waals surface area contributed by atoms with Crippen LogP contribution in [0.1, 0.15) is 19.4 Å². The average molecular weight is 385 g/mol. The number of H-pyrrole nitrogens is 1. The molecule has 140 valence electrons. The van der Waals surface area contributed by atoms with Gasteiger partial charge in [-0.2, -0.15) is 5.26 Å². The number of aromatic amines is 1. The standard InChI is InChI=1S/C19H19N3O4S/c1-19(2,23)12-26-14-6-8-15(9-7-14)27(24,25)22-17-5-3-4-16-13(10-20)11-21-18(16)17/h3-9,11,21-23H,12H2,1-2H3. The second kappa shape index (κ2) is 6.95. The molecule has 2 aromatic carbocycles. The van der Waals surface area contributed by atoms with E-state index in [1.165, 1.54) is 30.5 Å². The summed E-state index contributed by atoms with van der Waals surface area (Å²) in [4.78, 5) is 3.00. The van der Waals surface area contributed by atoms with Gasteiger partial charge in [0.25, 0.3) is 10.0 Å². The van der Waals surface area contributed by atoms with Gasteiger partial charge >= 0.3 is 0 Å². The highest BCUT2D eigenvalue weighted by atomic mass is 32.2. The van der Waals surface area contributed by atoms with Crippen molar-refractivity contribution in [1.82, 2.24) is 4.98 Å². The van der Waals surface area contributed by atoms with Gasteiger partial charge in [-0.05, 0) is 44.2 Å². The first-order valence-corrected chi connectivity index (χ1v) is 9.66. The molecule has 27 heavy (non-hydrogen) atoms. The summed E-state index contributed by atoms with van der Waals surface area (Å²) in [6, 6.07) is 13.0. The minimum absolute atomic E-state index is 0.0715. The number of aromatic nitrogens is 1. The highest BCUT2D eigenvalue weighted by molar-refractivity contribution is 7.92. The molecule has 3 rings (SSSR count). The van der Waals surface area contributed by atoms with E-state index >= 15 is 0 Å². The molecular weight excluding hydrogens is 366 g/mol. The summed E-state index contributed by atoms with van der Waals surface area (Å²) in [6.45, 7) is 3.33. The predicted molar refractivity (Wildman–Crippen MR) is 102 cm³/mol. The summed E-state index contributed by atoms with van der Waals surface area (Å²) in [6.07, 6.45) is 1.54. The number of benzene rings is 2. The van der Waals surface area contributed by atoms with E-state index in [-0.39, 0.29) is 11.5 Å². The second-order valence-electron chi connectivity index (χ2n) is 6.72. The van der Waals surface area contributed by atoms with E-state index in [1.807, 2.05) is 0 Å². The van der Waals surface area contributed by atoms with Crippen LogP contribution in [-0.4, -0.2) is 30.7 Å². The lowest BCUT2D eigenvalue weighted by atomic mass is 10.2. The monoisotopic (exact) mass is 385 g/mol. The molecule has 0 spiro atoms.